The van der Waals surface area contributed by atoms with Crippen LogP contribution in [0.1, 0.15) is 0 Å². The molecule has 0 aliphatic rings. The van der Waals surface area contributed by atoms with Crippen LogP contribution >= 0.6 is 0 Å². The van der Waals surface area contributed by atoms with Crippen LogP contribution in [0, 0.1) is 0 Å². The summed E-state index contributed by atoms with van der Waals surface area (Å²) in [6.07, 6.45) is 0. The van der Waals surface area contributed by atoms with Crippen molar-refractivity contribution >= 4 is 22.1 Å². The van der Waals surface area contributed by atoms with Gasteiger partial charge < -0.3 is 9.47 Å². The van der Waals surface area contributed by atoms with Crippen molar-refractivity contribution in [2.75, 3.05) is 14.2 Å². The Morgan fingerprint density at radius 1 is 0.682 bits per heavy atom. The maximum Gasteiger partial charge on any atom is 0.126 e. The number of nitrogens with zero attached hydrogens (tertiary/aromatic N) is 2. The molecule has 0 atom stereocenters. The monoisotopic (exact) mass is 292 g/mol. The van der Waals surface area contributed by atoms with Gasteiger partial charge in [0, 0.05) is 10.8 Å². The molecular weight excluding hydrogens is 276 g/mol. The number of azo groups is 1. The number of methoxy groups -OCH3 is 2. The molecule has 0 saturated heterocycles. The van der Waals surface area contributed by atoms with Crippen LogP contribution in [0.15, 0.2) is 70.9 Å². The normalized spacial score (nSPS) is 11.0. The molecule has 3 aromatic carbocycles. The Morgan fingerprint density at radius 2 is 1.41 bits per heavy atom. The van der Waals surface area contributed by atoms with Crippen molar-refractivity contribution in [1.29, 1.82) is 0 Å². The topological polar surface area (TPSA) is 43.2 Å². The van der Waals surface area contributed by atoms with Crippen LogP contribution in [-0.2, 0) is 0 Å². The van der Waals surface area contributed by atoms with Crippen molar-refractivity contribution in [3.63, 3.8) is 0 Å². The van der Waals surface area contributed by atoms with Gasteiger partial charge in [-0.05, 0) is 36.4 Å². The lowest BCUT2D eigenvalue weighted by atomic mass is 10.1. The molecule has 0 aliphatic carbocycles. The van der Waals surface area contributed by atoms with Crippen LogP contribution in [0.25, 0.3) is 10.8 Å². The summed E-state index contributed by atoms with van der Waals surface area (Å²) in [5.41, 5.74) is 1.59. The number of rotatable bonds is 4. The van der Waals surface area contributed by atoms with E-state index in [1.165, 1.54) is 0 Å². The minimum Gasteiger partial charge on any atom is -0.497 e. The molecule has 0 unspecified atom stereocenters. The largest absolute Gasteiger partial charge is 0.497 e. The van der Waals surface area contributed by atoms with Gasteiger partial charge >= 0.3 is 0 Å². The average Bonchev–Trinajstić information content (AvgIpc) is 2.60. The van der Waals surface area contributed by atoms with Gasteiger partial charge in [-0.25, -0.2) is 0 Å². The maximum absolute atomic E-state index is 5.38. The second kappa shape index (κ2) is 6.26. The Labute approximate surface area is 129 Å². The zero-order valence-corrected chi connectivity index (χ0v) is 12.5. The highest BCUT2D eigenvalue weighted by Gasteiger charge is 2.05. The van der Waals surface area contributed by atoms with E-state index in [0.29, 0.717) is 0 Å². The van der Waals surface area contributed by atoms with Crippen LogP contribution in [0.3, 0.4) is 0 Å². The fourth-order valence-electron chi connectivity index (χ4n) is 2.28. The summed E-state index contributed by atoms with van der Waals surface area (Å²) in [5.74, 6) is 1.63. The summed E-state index contributed by atoms with van der Waals surface area (Å²) in [6, 6.07) is 19.3. The minimum absolute atomic E-state index is 0.778. The van der Waals surface area contributed by atoms with Crippen LogP contribution in [0.5, 0.6) is 11.5 Å². The molecule has 3 rings (SSSR count). The SMILES string of the molecule is COc1ccc(N=Nc2ccc(OC)c3ccccc23)cc1. The van der Waals surface area contributed by atoms with Crippen LogP contribution in [0.4, 0.5) is 11.4 Å². The van der Waals surface area contributed by atoms with E-state index in [1.807, 2.05) is 60.7 Å². The van der Waals surface area contributed by atoms with E-state index >= 15 is 0 Å². The second-order valence-electron chi connectivity index (χ2n) is 4.73. The molecule has 4 heteroatoms. The first-order valence-electron chi connectivity index (χ1n) is 6.93. The molecule has 0 heterocycles. The van der Waals surface area contributed by atoms with E-state index in [0.717, 1.165) is 33.6 Å². The number of hydrogen-bond donors (Lipinski definition) is 0. The molecule has 0 fully saturated rings. The summed E-state index contributed by atoms with van der Waals surface area (Å²) in [4.78, 5) is 0. The first-order chi connectivity index (χ1) is 10.8. The predicted octanol–water partition coefficient (Wildman–Crippen LogP) is 5.27. The highest BCUT2D eigenvalue weighted by molar-refractivity contribution is 5.96. The van der Waals surface area contributed by atoms with Gasteiger partial charge in [-0.15, -0.1) is 5.11 Å². The molecular formula is C18H16N2O2. The van der Waals surface area contributed by atoms with E-state index in [2.05, 4.69) is 10.2 Å². The van der Waals surface area contributed by atoms with Crippen molar-refractivity contribution in [1.82, 2.24) is 0 Å². The van der Waals surface area contributed by atoms with Crippen molar-refractivity contribution in [3.8, 4) is 11.5 Å². The van der Waals surface area contributed by atoms with Gasteiger partial charge in [-0.3, -0.25) is 0 Å². The number of ether oxygens (including phenoxy) is 2. The van der Waals surface area contributed by atoms with Crippen LogP contribution < -0.4 is 9.47 Å². The molecule has 0 aromatic heterocycles. The second-order valence-corrected chi connectivity index (χ2v) is 4.73. The fourth-order valence-corrected chi connectivity index (χ4v) is 2.28. The van der Waals surface area contributed by atoms with Crippen molar-refractivity contribution < 1.29 is 9.47 Å². The third kappa shape index (κ3) is 2.76. The number of benzene rings is 3. The minimum atomic E-state index is 0.778. The highest BCUT2D eigenvalue weighted by atomic mass is 16.5. The predicted molar refractivity (Wildman–Crippen MR) is 87.7 cm³/mol. The Morgan fingerprint density at radius 3 is 2.09 bits per heavy atom. The zero-order chi connectivity index (χ0) is 15.4. The lowest BCUT2D eigenvalue weighted by Gasteiger charge is -2.06. The fraction of sp³-hybridized carbons (Fsp3) is 0.111. The van der Waals surface area contributed by atoms with Gasteiger partial charge in [0.15, 0.2) is 0 Å². The molecule has 3 aromatic rings. The molecule has 22 heavy (non-hydrogen) atoms. The Kier molecular flexibility index (Phi) is 4.01. The molecule has 0 radical (unpaired) electrons. The summed E-state index contributed by atoms with van der Waals surface area (Å²) < 4.78 is 10.5. The molecule has 4 nitrogen and oxygen atoms in total. The average molecular weight is 292 g/mol. The molecule has 0 bridgehead atoms. The summed E-state index contributed by atoms with van der Waals surface area (Å²) in [6.45, 7) is 0. The molecule has 0 saturated carbocycles. The van der Waals surface area contributed by atoms with Gasteiger partial charge in [0.2, 0.25) is 0 Å². The van der Waals surface area contributed by atoms with Crippen molar-refractivity contribution in [3.05, 3.63) is 60.7 Å². The Bertz CT molecular complexity index is 811. The van der Waals surface area contributed by atoms with Crippen LogP contribution in [0.2, 0.25) is 0 Å². The van der Waals surface area contributed by atoms with Crippen molar-refractivity contribution in [2.45, 2.75) is 0 Å². The van der Waals surface area contributed by atoms with E-state index in [4.69, 9.17) is 9.47 Å². The zero-order valence-electron chi connectivity index (χ0n) is 12.5. The smallest absolute Gasteiger partial charge is 0.126 e. The Hall–Kier alpha value is -2.88. The molecule has 0 N–H and O–H groups in total. The molecule has 110 valence electrons. The quantitative estimate of drug-likeness (QED) is 0.614. The highest BCUT2D eigenvalue weighted by Crippen LogP contribution is 2.34. The van der Waals surface area contributed by atoms with E-state index in [9.17, 15) is 0 Å². The Balaban J connectivity index is 1.98. The summed E-state index contributed by atoms with van der Waals surface area (Å²) in [5, 5.41) is 10.7. The van der Waals surface area contributed by atoms with E-state index in [-0.39, 0.29) is 0 Å². The summed E-state index contributed by atoms with van der Waals surface area (Å²) in [7, 11) is 3.31. The van der Waals surface area contributed by atoms with Gasteiger partial charge in [0.1, 0.15) is 11.5 Å². The third-order valence-electron chi connectivity index (χ3n) is 3.43. The van der Waals surface area contributed by atoms with Gasteiger partial charge in [-0.1, -0.05) is 24.3 Å². The number of fused-ring (bicyclic) bond motifs is 1. The molecule has 0 spiro atoms. The maximum atomic E-state index is 5.38. The first-order valence-corrected chi connectivity index (χ1v) is 6.93. The van der Waals surface area contributed by atoms with Crippen LogP contribution in [-0.4, -0.2) is 14.2 Å². The first kappa shape index (κ1) is 14.1. The number of hydrogen-bond acceptors (Lipinski definition) is 4. The molecule has 0 aliphatic heterocycles. The van der Waals surface area contributed by atoms with Crippen molar-refractivity contribution in [2.24, 2.45) is 10.2 Å². The lowest BCUT2D eigenvalue weighted by molar-refractivity contribution is 0.415. The van der Waals surface area contributed by atoms with E-state index < -0.39 is 0 Å². The van der Waals surface area contributed by atoms with Gasteiger partial charge in [-0.2, -0.15) is 5.11 Å². The molecule has 0 amide bonds. The third-order valence-corrected chi connectivity index (χ3v) is 3.43. The lowest BCUT2D eigenvalue weighted by Crippen LogP contribution is -1.84. The van der Waals surface area contributed by atoms with Gasteiger partial charge in [0.25, 0.3) is 0 Å². The van der Waals surface area contributed by atoms with Gasteiger partial charge in [0.05, 0.1) is 25.6 Å². The standard InChI is InChI=1S/C18H16N2O2/c1-21-14-9-7-13(8-10-14)19-20-17-11-12-18(22-2)16-6-4-3-5-15(16)17/h3-12H,1-2H3. The van der Waals surface area contributed by atoms with E-state index in [1.54, 1.807) is 14.2 Å². The summed E-state index contributed by atoms with van der Waals surface area (Å²) >= 11 is 0.